The van der Waals surface area contributed by atoms with Gasteiger partial charge in [0.2, 0.25) is 5.95 Å². The normalized spacial score (nSPS) is 15.0. The van der Waals surface area contributed by atoms with E-state index in [-0.39, 0.29) is 24.5 Å². The molecular weight excluding hydrogens is 548 g/mol. The van der Waals surface area contributed by atoms with Crippen LogP contribution in [0.15, 0.2) is 42.6 Å². The summed E-state index contributed by atoms with van der Waals surface area (Å²) in [5.74, 6) is 1.47. The largest absolute Gasteiger partial charge is 0.497 e. The average molecular weight is 581 g/mol. The van der Waals surface area contributed by atoms with Crippen LogP contribution in [-0.2, 0) is 27.4 Å². The molecule has 0 aliphatic carbocycles. The van der Waals surface area contributed by atoms with Crippen LogP contribution >= 0.6 is 11.6 Å². The van der Waals surface area contributed by atoms with Crippen molar-refractivity contribution < 1.29 is 28.5 Å². The number of halogens is 1. The van der Waals surface area contributed by atoms with E-state index in [1.165, 1.54) is 6.92 Å². The van der Waals surface area contributed by atoms with E-state index in [2.05, 4.69) is 9.88 Å². The molecule has 11 heteroatoms. The average Bonchev–Trinajstić information content (AvgIpc) is 3.30. The van der Waals surface area contributed by atoms with Crippen molar-refractivity contribution in [2.75, 3.05) is 45.5 Å². The SMILES string of the molecule is COc1ccc(CN(c2ncc(Cl)c(-c3ccc4c(c3)C(=O)N(CCOC(C)=O)C4)n2)C2CCOCC2)c(OC)c1. The van der Waals surface area contributed by atoms with Crippen molar-refractivity contribution in [1.29, 1.82) is 0 Å². The number of anilines is 1. The molecule has 2 aliphatic heterocycles. The van der Waals surface area contributed by atoms with E-state index in [0.717, 1.165) is 29.5 Å². The quantitative estimate of drug-likeness (QED) is 0.320. The Morgan fingerprint density at radius 1 is 1.15 bits per heavy atom. The minimum absolute atomic E-state index is 0.116. The van der Waals surface area contributed by atoms with Crippen LogP contribution in [0.4, 0.5) is 5.95 Å². The molecule has 2 aromatic carbocycles. The van der Waals surface area contributed by atoms with Crippen molar-refractivity contribution in [1.82, 2.24) is 14.9 Å². The van der Waals surface area contributed by atoms with E-state index < -0.39 is 0 Å². The summed E-state index contributed by atoms with van der Waals surface area (Å²) in [7, 11) is 3.26. The molecule has 41 heavy (non-hydrogen) atoms. The maximum absolute atomic E-state index is 13.1. The van der Waals surface area contributed by atoms with Gasteiger partial charge in [-0.05, 0) is 36.6 Å². The number of ether oxygens (including phenoxy) is 4. The summed E-state index contributed by atoms with van der Waals surface area (Å²) in [5, 5.41) is 0.389. The van der Waals surface area contributed by atoms with Gasteiger partial charge in [-0.3, -0.25) is 9.59 Å². The van der Waals surface area contributed by atoms with Crippen LogP contribution in [0.25, 0.3) is 11.3 Å². The Balaban J connectivity index is 1.45. The molecule has 5 rings (SSSR count). The summed E-state index contributed by atoms with van der Waals surface area (Å²) in [4.78, 5) is 37.6. The lowest BCUT2D eigenvalue weighted by Crippen LogP contribution is -2.40. The van der Waals surface area contributed by atoms with Crippen LogP contribution in [-0.4, -0.2) is 73.4 Å². The molecular formula is C30H33ClN4O6. The van der Waals surface area contributed by atoms with Crippen LogP contribution in [0.2, 0.25) is 5.02 Å². The monoisotopic (exact) mass is 580 g/mol. The number of fused-ring (bicyclic) bond motifs is 1. The van der Waals surface area contributed by atoms with Gasteiger partial charge in [0, 0.05) is 62.0 Å². The van der Waals surface area contributed by atoms with E-state index in [9.17, 15) is 9.59 Å². The first-order chi connectivity index (χ1) is 19.9. The molecule has 1 saturated heterocycles. The molecule has 3 aromatic rings. The molecule has 1 aromatic heterocycles. The van der Waals surface area contributed by atoms with E-state index >= 15 is 0 Å². The van der Waals surface area contributed by atoms with Crippen LogP contribution in [0.3, 0.4) is 0 Å². The maximum atomic E-state index is 13.1. The number of nitrogens with zero attached hydrogens (tertiary/aromatic N) is 4. The van der Waals surface area contributed by atoms with Gasteiger partial charge in [-0.15, -0.1) is 0 Å². The zero-order valence-electron chi connectivity index (χ0n) is 23.4. The molecule has 1 fully saturated rings. The highest BCUT2D eigenvalue weighted by Gasteiger charge is 2.29. The minimum atomic E-state index is -0.370. The van der Waals surface area contributed by atoms with Crippen molar-refractivity contribution in [3.8, 4) is 22.8 Å². The van der Waals surface area contributed by atoms with Gasteiger partial charge >= 0.3 is 5.97 Å². The van der Waals surface area contributed by atoms with Gasteiger partial charge in [0.25, 0.3) is 5.91 Å². The van der Waals surface area contributed by atoms with Gasteiger partial charge in [0.15, 0.2) is 0 Å². The number of esters is 1. The smallest absolute Gasteiger partial charge is 0.302 e. The number of hydrogen-bond acceptors (Lipinski definition) is 9. The molecule has 3 heterocycles. The Kier molecular flexibility index (Phi) is 8.90. The van der Waals surface area contributed by atoms with E-state index in [4.69, 9.17) is 35.5 Å². The minimum Gasteiger partial charge on any atom is -0.497 e. The Bertz CT molecular complexity index is 1430. The number of aromatic nitrogens is 2. The Hall–Kier alpha value is -3.89. The molecule has 0 atom stereocenters. The topological polar surface area (TPSA) is 103 Å². The second kappa shape index (κ2) is 12.7. The number of amides is 1. The summed E-state index contributed by atoms with van der Waals surface area (Å²) in [6, 6.07) is 11.6. The number of carbonyl (C=O) groups excluding carboxylic acids is 2. The molecule has 0 spiro atoms. The lowest BCUT2D eigenvalue weighted by atomic mass is 10.0. The van der Waals surface area contributed by atoms with Crippen LogP contribution in [0, 0.1) is 0 Å². The number of hydrogen-bond donors (Lipinski definition) is 0. The summed E-state index contributed by atoms with van der Waals surface area (Å²) in [6.45, 7) is 4.12. The summed E-state index contributed by atoms with van der Waals surface area (Å²) >= 11 is 6.64. The molecule has 0 radical (unpaired) electrons. The van der Waals surface area contributed by atoms with Crippen LogP contribution < -0.4 is 14.4 Å². The number of methoxy groups -OCH3 is 2. The van der Waals surface area contributed by atoms with E-state index in [1.807, 2.05) is 36.4 Å². The Labute approximate surface area is 244 Å². The molecule has 0 bridgehead atoms. The second-order valence-corrected chi connectivity index (χ2v) is 10.4. The summed E-state index contributed by atoms with van der Waals surface area (Å²) in [5.41, 5.74) is 3.73. The molecule has 0 unspecified atom stereocenters. The fraction of sp³-hybridized carbons (Fsp3) is 0.400. The summed E-state index contributed by atoms with van der Waals surface area (Å²) < 4.78 is 21.7. The standard InChI is InChI=1S/C30H33ClN4O6/c1-19(36)41-13-10-34-17-21-5-4-20(14-25(21)29(34)37)28-26(31)16-32-30(33-28)35(23-8-11-40-12-9-23)18-22-6-7-24(38-2)15-27(22)39-3/h4-7,14-16,23H,8-13,17-18H2,1-3H3. The first kappa shape index (κ1) is 28.6. The van der Waals surface area contributed by atoms with Gasteiger partial charge in [-0.1, -0.05) is 23.7 Å². The van der Waals surface area contributed by atoms with Gasteiger partial charge in [-0.2, -0.15) is 0 Å². The first-order valence-electron chi connectivity index (χ1n) is 13.5. The Morgan fingerprint density at radius 3 is 2.68 bits per heavy atom. The second-order valence-electron chi connectivity index (χ2n) is 9.95. The fourth-order valence-electron chi connectivity index (χ4n) is 5.21. The highest BCUT2D eigenvalue weighted by molar-refractivity contribution is 6.33. The van der Waals surface area contributed by atoms with Gasteiger partial charge < -0.3 is 28.7 Å². The lowest BCUT2D eigenvalue weighted by Gasteiger charge is -2.35. The van der Waals surface area contributed by atoms with Gasteiger partial charge in [0.1, 0.15) is 18.1 Å². The Morgan fingerprint density at radius 2 is 1.95 bits per heavy atom. The number of carbonyl (C=O) groups is 2. The van der Waals surface area contributed by atoms with E-state index in [0.29, 0.717) is 66.6 Å². The van der Waals surface area contributed by atoms with Crippen LogP contribution in [0.1, 0.15) is 41.3 Å². The summed E-state index contributed by atoms with van der Waals surface area (Å²) in [6.07, 6.45) is 3.27. The molecule has 1 amide bonds. The third-order valence-electron chi connectivity index (χ3n) is 7.38. The van der Waals surface area contributed by atoms with Crippen molar-refractivity contribution >= 4 is 29.4 Å². The molecule has 0 N–H and O–H groups in total. The van der Waals surface area contributed by atoms with Crippen LogP contribution in [0.5, 0.6) is 11.5 Å². The van der Waals surface area contributed by atoms with Crippen molar-refractivity contribution in [2.24, 2.45) is 0 Å². The highest BCUT2D eigenvalue weighted by Crippen LogP contribution is 2.34. The van der Waals surface area contributed by atoms with Gasteiger partial charge in [0.05, 0.1) is 37.7 Å². The zero-order chi connectivity index (χ0) is 28.9. The molecule has 10 nitrogen and oxygen atoms in total. The predicted octanol–water partition coefficient (Wildman–Crippen LogP) is 4.52. The highest BCUT2D eigenvalue weighted by atomic mass is 35.5. The predicted molar refractivity (Wildman–Crippen MR) is 153 cm³/mol. The third-order valence-corrected chi connectivity index (χ3v) is 7.66. The molecule has 0 saturated carbocycles. The van der Waals surface area contributed by atoms with Crippen molar-refractivity contribution in [2.45, 2.75) is 38.9 Å². The fourth-order valence-corrected chi connectivity index (χ4v) is 5.41. The van der Waals surface area contributed by atoms with E-state index in [1.54, 1.807) is 25.3 Å². The maximum Gasteiger partial charge on any atom is 0.302 e. The lowest BCUT2D eigenvalue weighted by molar-refractivity contribution is -0.141. The number of rotatable bonds is 10. The van der Waals surface area contributed by atoms with Crippen molar-refractivity contribution in [3.63, 3.8) is 0 Å². The molecule has 2 aliphatic rings. The zero-order valence-corrected chi connectivity index (χ0v) is 24.1. The van der Waals surface area contributed by atoms with Crippen molar-refractivity contribution in [3.05, 3.63) is 64.3 Å². The third kappa shape index (κ3) is 6.39. The first-order valence-corrected chi connectivity index (χ1v) is 13.9. The molecule has 216 valence electrons. The number of benzene rings is 2. The van der Waals surface area contributed by atoms with Gasteiger partial charge in [-0.25, -0.2) is 9.97 Å².